The maximum absolute atomic E-state index is 14.7. The average molecular weight is 412 g/mol. The van der Waals surface area contributed by atoms with Crippen LogP contribution in [0, 0.1) is 5.82 Å². The normalized spacial score (nSPS) is 13.3. The van der Waals surface area contributed by atoms with Crippen LogP contribution in [0.15, 0.2) is 41.3 Å². The van der Waals surface area contributed by atoms with Crippen LogP contribution in [0.25, 0.3) is 10.9 Å². The van der Waals surface area contributed by atoms with E-state index in [-0.39, 0.29) is 22.7 Å². The smallest absolute Gasteiger partial charge is 0.341 e. The van der Waals surface area contributed by atoms with Crippen molar-refractivity contribution in [2.75, 3.05) is 19.5 Å². The van der Waals surface area contributed by atoms with Crippen LogP contribution in [0.2, 0.25) is 0 Å². The molecule has 1 aliphatic carbocycles. The highest BCUT2D eigenvalue weighted by molar-refractivity contribution is 5.93. The molecule has 3 aromatic rings. The second-order valence-corrected chi connectivity index (χ2v) is 7.21. The van der Waals surface area contributed by atoms with Crippen molar-refractivity contribution >= 4 is 22.6 Å². The van der Waals surface area contributed by atoms with Crippen molar-refractivity contribution in [3.05, 3.63) is 63.7 Å². The van der Waals surface area contributed by atoms with E-state index in [0.717, 1.165) is 24.5 Å². The van der Waals surface area contributed by atoms with Crippen molar-refractivity contribution in [3.63, 3.8) is 0 Å². The Morgan fingerprint density at radius 3 is 2.57 bits per heavy atom. The summed E-state index contributed by atoms with van der Waals surface area (Å²) >= 11 is 0. The van der Waals surface area contributed by atoms with Crippen molar-refractivity contribution < 1.29 is 23.8 Å². The van der Waals surface area contributed by atoms with Crippen LogP contribution in [-0.2, 0) is 6.54 Å². The number of methoxy groups -OCH3 is 2. The lowest BCUT2D eigenvalue weighted by molar-refractivity contribution is 0.0695. The Bertz CT molecular complexity index is 1200. The molecule has 0 radical (unpaired) electrons. The predicted molar refractivity (Wildman–Crippen MR) is 110 cm³/mol. The molecule has 4 rings (SSSR count). The van der Waals surface area contributed by atoms with Gasteiger partial charge >= 0.3 is 5.97 Å². The molecule has 1 saturated carbocycles. The number of halogens is 1. The molecule has 0 aliphatic heterocycles. The number of carboxylic acid groups (broad SMARTS) is 1. The number of nitrogens with zero attached hydrogens (tertiary/aromatic N) is 1. The Morgan fingerprint density at radius 2 is 1.93 bits per heavy atom. The van der Waals surface area contributed by atoms with Gasteiger partial charge in [-0.05, 0) is 42.7 Å². The second kappa shape index (κ2) is 7.70. The molecule has 0 bridgehead atoms. The van der Waals surface area contributed by atoms with Crippen LogP contribution >= 0.6 is 0 Å². The van der Waals surface area contributed by atoms with Gasteiger partial charge in [-0.15, -0.1) is 0 Å². The van der Waals surface area contributed by atoms with Gasteiger partial charge in [0.05, 0.1) is 25.4 Å². The molecule has 2 N–H and O–H groups in total. The lowest BCUT2D eigenvalue weighted by atomic mass is 10.1. The number of carboxylic acids is 1. The topological polar surface area (TPSA) is 89.8 Å². The summed E-state index contributed by atoms with van der Waals surface area (Å²) in [5.74, 6) is -0.766. The third-order valence-electron chi connectivity index (χ3n) is 5.22. The Morgan fingerprint density at radius 1 is 1.20 bits per heavy atom. The Balaban J connectivity index is 1.71. The summed E-state index contributed by atoms with van der Waals surface area (Å²) in [6.45, 7) is 0.323. The molecule has 1 fully saturated rings. The van der Waals surface area contributed by atoms with Crippen molar-refractivity contribution in [1.29, 1.82) is 0 Å². The van der Waals surface area contributed by atoms with E-state index >= 15 is 0 Å². The van der Waals surface area contributed by atoms with E-state index in [9.17, 15) is 19.1 Å². The van der Waals surface area contributed by atoms with E-state index in [4.69, 9.17) is 9.47 Å². The largest absolute Gasteiger partial charge is 0.493 e. The maximum atomic E-state index is 14.7. The molecule has 8 heteroatoms. The van der Waals surface area contributed by atoms with Gasteiger partial charge in [0.2, 0.25) is 5.43 Å². The molecule has 1 aliphatic rings. The van der Waals surface area contributed by atoms with Gasteiger partial charge in [-0.1, -0.05) is 6.07 Å². The first-order valence-corrected chi connectivity index (χ1v) is 9.49. The number of aromatic carboxylic acids is 1. The fourth-order valence-electron chi connectivity index (χ4n) is 3.50. The molecular weight excluding hydrogens is 391 g/mol. The lowest BCUT2D eigenvalue weighted by Gasteiger charge is -2.15. The van der Waals surface area contributed by atoms with E-state index in [1.165, 1.54) is 6.20 Å². The van der Waals surface area contributed by atoms with Gasteiger partial charge in [-0.2, -0.15) is 0 Å². The van der Waals surface area contributed by atoms with Crippen LogP contribution in [0.4, 0.5) is 10.1 Å². The summed E-state index contributed by atoms with van der Waals surface area (Å²) in [5.41, 5.74) is 0.574. The van der Waals surface area contributed by atoms with Crippen molar-refractivity contribution in [2.45, 2.75) is 25.4 Å². The minimum atomic E-state index is -1.31. The molecule has 0 amide bonds. The average Bonchev–Trinajstić information content (AvgIpc) is 3.57. The molecule has 0 saturated heterocycles. The van der Waals surface area contributed by atoms with E-state index in [1.807, 2.05) is 6.07 Å². The van der Waals surface area contributed by atoms with Crippen LogP contribution in [0.5, 0.6) is 11.5 Å². The first kappa shape index (κ1) is 19.8. The van der Waals surface area contributed by atoms with E-state index in [0.29, 0.717) is 23.6 Å². The Hall–Kier alpha value is -3.55. The second-order valence-electron chi connectivity index (χ2n) is 7.21. The molecule has 0 unspecified atom stereocenters. The van der Waals surface area contributed by atoms with Crippen molar-refractivity contribution in [1.82, 2.24) is 4.57 Å². The van der Waals surface area contributed by atoms with Gasteiger partial charge in [0, 0.05) is 24.2 Å². The van der Waals surface area contributed by atoms with E-state index in [2.05, 4.69) is 5.32 Å². The van der Waals surface area contributed by atoms with Crippen LogP contribution < -0.4 is 20.2 Å². The number of hydrogen-bond donors (Lipinski definition) is 2. The summed E-state index contributed by atoms with van der Waals surface area (Å²) < 4.78 is 27.0. The zero-order chi connectivity index (χ0) is 21.4. The Labute approximate surface area is 171 Å². The first-order valence-electron chi connectivity index (χ1n) is 9.49. The van der Waals surface area contributed by atoms with Gasteiger partial charge in [0.25, 0.3) is 0 Å². The standard InChI is InChI=1S/C22H21FN2O5/c1-29-19-6-3-12(7-20(19)30-2)10-24-17-9-18-14(8-16(17)23)21(26)15(22(27)28)11-25(18)13-4-5-13/h3,6-9,11,13,24H,4-5,10H2,1-2H3,(H,27,28). The summed E-state index contributed by atoms with van der Waals surface area (Å²) in [5, 5.41) is 12.4. The SMILES string of the molecule is COc1ccc(CNc2cc3c(cc2F)c(=O)c(C(=O)O)cn3C2CC2)cc1OC. The third-order valence-corrected chi connectivity index (χ3v) is 5.22. The lowest BCUT2D eigenvalue weighted by Crippen LogP contribution is -2.19. The number of ether oxygens (including phenoxy) is 2. The minimum absolute atomic E-state index is 0.0657. The molecule has 0 spiro atoms. The zero-order valence-corrected chi connectivity index (χ0v) is 16.6. The fourth-order valence-corrected chi connectivity index (χ4v) is 3.50. The van der Waals surface area contributed by atoms with Crippen LogP contribution in [0.3, 0.4) is 0 Å². The van der Waals surface area contributed by atoms with Gasteiger partial charge in [-0.3, -0.25) is 4.79 Å². The highest BCUT2D eigenvalue weighted by Gasteiger charge is 2.27. The minimum Gasteiger partial charge on any atom is -0.493 e. The number of fused-ring (bicyclic) bond motifs is 1. The van der Waals surface area contributed by atoms with Crippen LogP contribution in [-0.4, -0.2) is 29.9 Å². The highest BCUT2D eigenvalue weighted by Crippen LogP contribution is 2.38. The number of hydrogen-bond acceptors (Lipinski definition) is 5. The number of aromatic nitrogens is 1. The van der Waals surface area contributed by atoms with E-state index < -0.39 is 17.2 Å². The number of pyridine rings is 1. The molecule has 1 heterocycles. The van der Waals surface area contributed by atoms with E-state index in [1.54, 1.807) is 37.0 Å². The zero-order valence-electron chi connectivity index (χ0n) is 16.6. The van der Waals surface area contributed by atoms with Crippen molar-refractivity contribution in [2.24, 2.45) is 0 Å². The molecule has 30 heavy (non-hydrogen) atoms. The number of benzene rings is 2. The van der Waals surface area contributed by atoms with Crippen molar-refractivity contribution in [3.8, 4) is 11.5 Å². The van der Waals surface area contributed by atoms with Gasteiger partial charge < -0.3 is 24.5 Å². The highest BCUT2D eigenvalue weighted by atomic mass is 19.1. The molecule has 2 aromatic carbocycles. The maximum Gasteiger partial charge on any atom is 0.341 e. The molecular formula is C22H21FN2O5. The van der Waals surface area contributed by atoms with Gasteiger partial charge in [0.1, 0.15) is 11.4 Å². The summed E-state index contributed by atoms with van der Waals surface area (Å²) in [7, 11) is 3.09. The Kier molecular flexibility index (Phi) is 5.07. The monoisotopic (exact) mass is 412 g/mol. The number of nitrogens with one attached hydrogen (secondary N) is 1. The summed E-state index contributed by atoms with van der Waals surface area (Å²) in [6, 6.07) is 8.20. The number of carbonyl (C=O) groups is 1. The predicted octanol–water partition coefficient (Wildman–Crippen LogP) is 3.80. The van der Waals surface area contributed by atoms with Gasteiger partial charge in [-0.25, -0.2) is 9.18 Å². The number of rotatable bonds is 7. The summed E-state index contributed by atoms with van der Waals surface area (Å²) in [6.07, 6.45) is 3.15. The van der Waals surface area contributed by atoms with Gasteiger partial charge in [0.15, 0.2) is 11.5 Å². The molecule has 1 aromatic heterocycles. The molecule has 7 nitrogen and oxygen atoms in total. The third kappa shape index (κ3) is 3.56. The fraction of sp³-hybridized carbons (Fsp3) is 0.273. The number of anilines is 1. The molecule has 156 valence electrons. The first-order chi connectivity index (χ1) is 14.4. The summed E-state index contributed by atoms with van der Waals surface area (Å²) in [4.78, 5) is 24.0. The molecule has 0 atom stereocenters. The van der Waals surface area contributed by atoms with Crippen LogP contribution in [0.1, 0.15) is 34.8 Å². The quantitative estimate of drug-likeness (QED) is 0.614.